The number of amides is 1. The van der Waals surface area contributed by atoms with Gasteiger partial charge in [-0.3, -0.25) is 25.6 Å². The molecule has 9 nitrogen and oxygen atoms in total. The molecule has 27 heavy (non-hydrogen) atoms. The van der Waals surface area contributed by atoms with Gasteiger partial charge in [-0.2, -0.15) is 0 Å². The summed E-state index contributed by atoms with van der Waals surface area (Å²) in [5.74, 6) is -1.34. The van der Waals surface area contributed by atoms with Gasteiger partial charge in [-0.05, 0) is 36.4 Å². The molecular formula is C18H14N6O3. The summed E-state index contributed by atoms with van der Waals surface area (Å²) in [6.45, 7) is 0. The molecule has 0 aliphatic carbocycles. The minimum absolute atomic E-state index is 0.210. The first kappa shape index (κ1) is 17.7. The van der Waals surface area contributed by atoms with E-state index in [-0.39, 0.29) is 17.1 Å². The first-order chi connectivity index (χ1) is 13.1. The highest BCUT2D eigenvalue weighted by molar-refractivity contribution is 6.05. The molecule has 0 spiro atoms. The Morgan fingerprint density at radius 2 is 1.59 bits per heavy atom. The number of rotatable bonds is 4. The second-order valence-electron chi connectivity index (χ2n) is 5.15. The number of pyridine rings is 3. The highest BCUT2D eigenvalue weighted by atomic mass is 16.4. The Bertz CT molecular complexity index is 977. The summed E-state index contributed by atoms with van der Waals surface area (Å²) in [4.78, 5) is 40.1. The van der Waals surface area contributed by atoms with Crippen LogP contribution in [0.25, 0.3) is 0 Å². The fourth-order valence-corrected chi connectivity index (χ4v) is 2.12. The van der Waals surface area contributed by atoms with E-state index in [1.807, 2.05) is 0 Å². The molecule has 3 aromatic heterocycles. The molecule has 3 heterocycles. The molecule has 0 aliphatic heterocycles. The molecule has 3 N–H and O–H groups in total. The number of carbonyl (C=O) groups excluding carboxylic acids is 1. The maximum absolute atomic E-state index is 12.4. The lowest BCUT2D eigenvalue weighted by Crippen LogP contribution is -2.43. The molecule has 1 amide bonds. The summed E-state index contributed by atoms with van der Waals surface area (Å²) >= 11 is 0. The third-order valence-corrected chi connectivity index (χ3v) is 3.33. The summed E-state index contributed by atoms with van der Waals surface area (Å²) in [5, 5.41) is 9.18. The standard InChI is InChI=1S/C18H14N6O3/c25-17(15-12(18(26)27)6-5-11-21-15)24-23-16(13-7-1-3-9-19-13)22-14-8-2-4-10-20-14/h1-11H,(H,24,25)(H,26,27)(H,20,22,23). The maximum atomic E-state index is 12.4. The van der Waals surface area contributed by atoms with E-state index in [9.17, 15) is 14.7 Å². The number of hydrazine groups is 1. The van der Waals surface area contributed by atoms with Gasteiger partial charge in [0.05, 0.1) is 5.56 Å². The number of aromatic carboxylic acids is 1. The molecular weight excluding hydrogens is 348 g/mol. The molecule has 9 heteroatoms. The number of carboxylic acid groups (broad SMARTS) is 1. The minimum atomic E-state index is -1.25. The Labute approximate surface area is 153 Å². The van der Waals surface area contributed by atoms with E-state index in [4.69, 9.17) is 0 Å². The van der Waals surface area contributed by atoms with Gasteiger partial charge >= 0.3 is 5.97 Å². The number of carboxylic acids is 1. The Balaban J connectivity index is 1.85. The van der Waals surface area contributed by atoms with Crippen LogP contribution in [0.5, 0.6) is 0 Å². The molecule has 0 radical (unpaired) electrons. The van der Waals surface area contributed by atoms with E-state index in [2.05, 4.69) is 30.8 Å². The molecule has 3 aromatic rings. The third-order valence-electron chi connectivity index (χ3n) is 3.33. The fourth-order valence-electron chi connectivity index (χ4n) is 2.12. The average Bonchev–Trinajstić information content (AvgIpc) is 2.72. The predicted molar refractivity (Wildman–Crippen MR) is 96.5 cm³/mol. The number of carbonyl (C=O) groups is 2. The molecule has 3 rings (SSSR count). The fraction of sp³-hybridized carbons (Fsp3) is 0. The van der Waals surface area contributed by atoms with E-state index in [1.165, 1.54) is 18.3 Å². The molecule has 0 aliphatic rings. The summed E-state index contributed by atoms with van der Waals surface area (Å²) in [5.41, 5.74) is 5.09. The van der Waals surface area contributed by atoms with Crippen LogP contribution >= 0.6 is 0 Å². The monoisotopic (exact) mass is 362 g/mol. The lowest BCUT2D eigenvalue weighted by atomic mass is 10.2. The number of hydrogen-bond donors (Lipinski definition) is 3. The molecule has 134 valence electrons. The van der Waals surface area contributed by atoms with E-state index < -0.39 is 11.9 Å². The summed E-state index contributed by atoms with van der Waals surface area (Å²) in [6, 6.07) is 13.2. The zero-order chi connectivity index (χ0) is 19.1. The smallest absolute Gasteiger partial charge is 0.338 e. The molecule has 0 saturated carbocycles. The van der Waals surface area contributed by atoms with Crippen LogP contribution in [0.4, 0.5) is 5.82 Å². The van der Waals surface area contributed by atoms with Crippen LogP contribution < -0.4 is 10.9 Å². The molecule has 0 unspecified atom stereocenters. The lowest BCUT2D eigenvalue weighted by Gasteiger charge is -2.11. The van der Waals surface area contributed by atoms with E-state index in [0.717, 1.165) is 0 Å². The van der Waals surface area contributed by atoms with E-state index in [1.54, 1.807) is 48.8 Å². The first-order valence-electron chi connectivity index (χ1n) is 7.81. The van der Waals surface area contributed by atoms with Gasteiger partial charge in [-0.1, -0.05) is 12.1 Å². The Morgan fingerprint density at radius 1 is 0.852 bits per heavy atom. The van der Waals surface area contributed by atoms with E-state index >= 15 is 0 Å². The van der Waals surface area contributed by atoms with E-state index in [0.29, 0.717) is 11.5 Å². The van der Waals surface area contributed by atoms with Crippen LogP contribution in [0.15, 0.2) is 72.1 Å². The van der Waals surface area contributed by atoms with Crippen molar-refractivity contribution in [2.75, 3.05) is 0 Å². The number of hydrogen-bond acceptors (Lipinski definition) is 6. The van der Waals surface area contributed by atoms with Crippen molar-refractivity contribution in [2.45, 2.75) is 0 Å². The Hall–Kier alpha value is -4.14. The van der Waals surface area contributed by atoms with Gasteiger partial charge in [-0.15, -0.1) is 0 Å². The van der Waals surface area contributed by atoms with Crippen molar-refractivity contribution in [3.63, 3.8) is 0 Å². The SMILES string of the molecule is O=C(O)c1cccnc1C(=O)NN/C(=N\c1ccccn1)c1ccccn1. The van der Waals surface area contributed by atoms with Crippen molar-refractivity contribution in [2.24, 2.45) is 4.99 Å². The second-order valence-corrected chi connectivity index (χ2v) is 5.15. The summed E-state index contributed by atoms with van der Waals surface area (Å²) in [6.07, 6.45) is 4.50. The first-order valence-corrected chi connectivity index (χ1v) is 7.81. The molecule has 0 bridgehead atoms. The number of amidine groups is 1. The third kappa shape index (κ3) is 4.48. The van der Waals surface area contributed by atoms with Crippen LogP contribution in [-0.4, -0.2) is 37.8 Å². The molecule has 0 aromatic carbocycles. The van der Waals surface area contributed by atoms with Gasteiger partial charge in [0.25, 0.3) is 5.91 Å². The quantitative estimate of drug-likeness (QED) is 0.365. The maximum Gasteiger partial charge on any atom is 0.338 e. The van der Waals surface area contributed by atoms with Crippen molar-refractivity contribution in [3.05, 3.63) is 84.1 Å². The van der Waals surface area contributed by atoms with Crippen LogP contribution in [0, 0.1) is 0 Å². The highest BCUT2D eigenvalue weighted by Gasteiger charge is 2.18. The molecule has 0 saturated heterocycles. The number of aromatic nitrogens is 3. The van der Waals surface area contributed by atoms with Crippen LogP contribution in [0.3, 0.4) is 0 Å². The molecule has 0 fully saturated rings. The Morgan fingerprint density at radius 3 is 2.26 bits per heavy atom. The average molecular weight is 362 g/mol. The predicted octanol–water partition coefficient (Wildman–Crippen LogP) is 1.58. The molecule has 0 atom stereocenters. The normalized spacial score (nSPS) is 10.9. The minimum Gasteiger partial charge on any atom is -0.478 e. The summed E-state index contributed by atoms with van der Waals surface area (Å²) in [7, 11) is 0. The highest BCUT2D eigenvalue weighted by Crippen LogP contribution is 2.08. The number of aliphatic imine (C=N–C) groups is 1. The van der Waals surface area contributed by atoms with Crippen molar-refractivity contribution in [3.8, 4) is 0 Å². The van der Waals surface area contributed by atoms with Crippen LogP contribution in [-0.2, 0) is 0 Å². The van der Waals surface area contributed by atoms with Crippen molar-refractivity contribution in [1.82, 2.24) is 25.8 Å². The van der Waals surface area contributed by atoms with Gasteiger partial charge in [0.15, 0.2) is 11.7 Å². The Kier molecular flexibility index (Phi) is 5.43. The second kappa shape index (κ2) is 8.30. The van der Waals surface area contributed by atoms with Gasteiger partial charge in [-0.25, -0.2) is 14.8 Å². The van der Waals surface area contributed by atoms with Crippen molar-refractivity contribution >= 4 is 23.5 Å². The van der Waals surface area contributed by atoms with Crippen molar-refractivity contribution < 1.29 is 14.7 Å². The van der Waals surface area contributed by atoms with Gasteiger partial charge in [0.1, 0.15) is 11.4 Å². The topological polar surface area (TPSA) is 129 Å². The van der Waals surface area contributed by atoms with Crippen molar-refractivity contribution in [1.29, 1.82) is 0 Å². The lowest BCUT2D eigenvalue weighted by molar-refractivity contribution is 0.0689. The summed E-state index contributed by atoms with van der Waals surface area (Å²) < 4.78 is 0. The largest absolute Gasteiger partial charge is 0.478 e. The number of nitrogens with one attached hydrogen (secondary N) is 2. The zero-order valence-electron chi connectivity index (χ0n) is 13.9. The van der Waals surface area contributed by atoms with Crippen LogP contribution in [0.2, 0.25) is 0 Å². The van der Waals surface area contributed by atoms with Gasteiger partial charge < -0.3 is 5.11 Å². The van der Waals surface area contributed by atoms with Gasteiger partial charge in [0.2, 0.25) is 0 Å². The zero-order valence-corrected chi connectivity index (χ0v) is 13.9. The van der Waals surface area contributed by atoms with Gasteiger partial charge in [0, 0.05) is 18.6 Å². The number of nitrogens with zero attached hydrogens (tertiary/aromatic N) is 4. The van der Waals surface area contributed by atoms with Crippen LogP contribution in [0.1, 0.15) is 26.5 Å².